The number of hydrogen-bond acceptors (Lipinski definition) is 3. The summed E-state index contributed by atoms with van der Waals surface area (Å²) in [5, 5.41) is 3.52. The van der Waals surface area contributed by atoms with Gasteiger partial charge in [0.15, 0.2) is 0 Å². The highest BCUT2D eigenvalue weighted by Gasteiger charge is 2.49. The number of primary amides is 1. The molecule has 0 aromatic heterocycles. The van der Waals surface area contributed by atoms with Crippen LogP contribution in [0.4, 0.5) is 0 Å². The molecule has 2 unspecified atom stereocenters. The number of nitrogens with one attached hydrogen (secondary N) is 1. The third-order valence-corrected chi connectivity index (χ3v) is 3.87. The van der Waals surface area contributed by atoms with E-state index in [0.29, 0.717) is 12.5 Å². The number of hydrogen-bond donors (Lipinski definition) is 2. The van der Waals surface area contributed by atoms with Crippen LogP contribution in [0.1, 0.15) is 32.6 Å². The Labute approximate surface area is 91.2 Å². The Kier molecular flexibility index (Phi) is 2.98. The van der Waals surface area contributed by atoms with Crippen LogP contribution in [0.2, 0.25) is 0 Å². The molecule has 86 valence electrons. The van der Waals surface area contributed by atoms with Gasteiger partial charge in [-0.05, 0) is 32.4 Å². The van der Waals surface area contributed by atoms with Crippen LogP contribution in [-0.2, 0) is 4.79 Å². The highest BCUT2D eigenvalue weighted by atomic mass is 16.1. The number of rotatable bonds is 4. The van der Waals surface area contributed by atoms with Crippen LogP contribution >= 0.6 is 0 Å². The monoisotopic (exact) mass is 211 g/mol. The maximum Gasteiger partial charge on any atom is 0.219 e. The Morgan fingerprint density at radius 2 is 2.40 bits per heavy atom. The molecule has 2 rings (SSSR count). The van der Waals surface area contributed by atoms with Gasteiger partial charge in [0.2, 0.25) is 5.91 Å². The molecule has 15 heavy (non-hydrogen) atoms. The topological polar surface area (TPSA) is 58.4 Å². The van der Waals surface area contributed by atoms with E-state index in [9.17, 15) is 4.79 Å². The molecule has 2 fully saturated rings. The van der Waals surface area contributed by atoms with E-state index >= 15 is 0 Å². The molecule has 2 aliphatic heterocycles. The molecule has 2 saturated heterocycles. The summed E-state index contributed by atoms with van der Waals surface area (Å²) in [6, 6.07) is 0.532. The number of carbonyl (C=O) groups is 1. The molecule has 0 saturated carbocycles. The number of nitrogens with zero attached hydrogens (tertiary/aromatic N) is 1. The van der Waals surface area contributed by atoms with Crippen LogP contribution < -0.4 is 11.1 Å². The molecule has 2 atom stereocenters. The molecule has 1 amide bonds. The van der Waals surface area contributed by atoms with E-state index in [2.05, 4.69) is 17.1 Å². The van der Waals surface area contributed by atoms with Gasteiger partial charge in [-0.25, -0.2) is 0 Å². The van der Waals surface area contributed by atoms with Crippen molar-refractivity contribution in [3.8, 4) is 0 Å². The van der Waals surface area contributed by atoms with Gasteiger partial charge in [-0.3, -0.25) is 9.69 Å². The van der Waals surface area contributed by atoms with Crippen molar-refractivity contribution in [1.29, 1.82) is 0 Å². The first-order valence-corrected chi connectivity index (χ1v) is 5.95. The Morgan fingerprint density at radius 3 is 3.07 bits per heavy atom. The summed E-state index contributed by atoms with van der Waals surface area (Å²) in [5.74, 6) is -0.176. The van der Waals surface area contributed by atoms with Crippen molar-refractivity contribution in [2.24, 2.45) is 5.73 Å². The third-order valence-electron chi connectivity index (χ3n) is 3.87. The molecule has 4 heteroatoms. The summed E-state index contributed by atoms with van der Waals surface area (Å²) in [7, 11) is 0. The molecular weight excluding hydrogens is 190 g/mol. The molecule has 2 aliphatic rings. The molecule has 0 aromatic rings. The van der Waals surface area contributed by atoms with Crippen LogP contribution in [-0.4, -0.2) is 42.0 Å². The van der Waals surface area contributed by atoms with Gasteiger partial charge in [-0.2, -0.15) is 0 Å². The SMILES string of the molecule is CCNC1(CC(N)=O)CCN2CCCC21. The predicted octanol–water partition coefficient (Wildman–Crippen LogP) is 0.0782. The molecular formula is C11H21N3O. The van der Waals surface area contributed by atoms with Gasteiger partial charge in [-0.15, -0.1) is 0 Å². The quantitative estimate of drug-likeness (QED) is 0.692. The van der Waals surface area contributed by atoms with Gasteiger partial charge in [0.25, 0.3) is 0 Å². The van der Waals surface area contributed by atoms with Crippen LogP contribution in [0, 0.1) is 0 Å². The minimum atomic E-state index is -0.176. The lowest BCUT2D eigenvalue weighted by Crippen LogP contribution is -2.55. The second-order valence-electron chi connectivity index (χ2n) is 4.77. The minimum Gasteiger partial charge on any atom is -0.370 e. The van der Waals surface area contributed by atoms with Crippen molar-refractivity contribution < 1.29 is 4.79 Å². The van der Waals surface area contributed by atoms with E-state index in [4.69, 9.17) is 5.73 Å². The lowest BCUT2D eigenvalue weighted by Gasteiger charge is -2.35. The van der Waals surface area contributed by atoms with Gasteiger partial charge < -0.3 is 11.1 Å². The van der Waals surface area contributed by atoms with Crippen LogP contribution in [0.25, 0.3) is 0 Å². The number of amides is 1. The normalized spacial score (nSPS) is 35.7. The summed E-state index contributed by atoms with van der Waals surface area (Å²) >= 11 is 0. The largest absolute Gasteiger partial charge is 0.370 e. The van der Waals surface area contributed by atoms with Crippen molar-refractivity contribution in [2.75, 3.05) is 19.6 Å². The zero-order chi connectivity index (χ0) is 10.9. The number of fused-ring (bicyclic) bond motifs is 1. The Morgan fingerprint density at radius 1 is 1.60 bits per heavy atom. The second-order valence-corrected chi connectivity index (χ2v) is 4.77. The smallest absolute Gasteiger partial charge is 0.219 e. The minimum absolute atomic E-state index is 0.0307. The zero-order valence-corrected chi connectivity index (χ0v) is 9.46. The summed E-state index contributed by atoms with van der Waals surface area (Å²) in [4.78, 5) is 13.7. The van der Waals surface area contributed by atoms with E-state index in [1.807, 2.05) is 0 Å². The average molecular weight is 211 g/mol. The van der Waals surface area contributed by atoms with Gasteiger partial charge in [0, 0.05) is 24.5 Å². The molecule has 0 aromatic carbocycles. The molecule has 3 N–H and O–H groups in total. The van der Waals surface area contributed by atoms with Gasteiger partial charge in [-0.1, -0.05) is 6.92 Å². The van der Waals surface area contributed by atoms with Crippen LogP contribution in [0.5, 0.6) is 0 Å². The maximum atomic E-state index is 11.2. The van der Waals surface area contributed by atoms with E-state index in [1.54, 1.807) is 0 Å². The van der Waals surface area contributed by atoms with E-state index in [0.717, 1.165) is 19.5 Å². The highest BCUT2D eigenvalue weighted by Crippen LogP contribution is 2.37. The summed E-state index contributed by atoms with van der Waals surface area (Å²) < 4.78 is 0. The van der Waals surface area contributed by atoms with Crippen LogP contribution in [0.3, 0.4) is 0 Å². The average Bonchev–Trinajstić information content (AvgIpc) is 2.70. The first kappa shape index (κ1) is 10.9. The highest BCUT2D eigenvalue weighted by molar-refractivity contribution is 5.75. The van der Waals surface area contributed by atoms with Crippen molar-refractivity contribution in [1.82, 2.24) is 10.2 Å². The Hall–Kier alpha value is -0.610. The van der Waals surface area contributed by atoms with Gasteiger partial charge in [0.1, 0.15) is 0 Å². The van der Waals surface area contributed by atoms with Crippen molar-refractivity contribution in [2.45, 2.75) is 44.2 Å². The molecule has 4 nitrogen and oxygen atoms in total. The lowest BCUT2D eigenvalue weighted by molar-refractivity contribution is -0.119. The lowest BCUT2D eigenvalue weighted by atomic mass is 9.85. The van der Waals surface area contributed by atoms with E-state index < -0.39 is 0 Å². The van der Waals surface area contributed by atoms with Gasteiger partial charge in [0.05, 0.1) is 0 Å². The molecule has 0 spiro atoms. The fourth-order valence-electron chi connectivity index (χ4n) is 3.37. The first-order chi connectivity index (χ1) is 7.18. The first-order valence-electron chi connectivity index (χ1n) is 5.95. The Bertz CT molecular complexity index is 252. The van der Waals surface area contributed by atoms with Crippen molar-refractivity contribution >= 4 is 5.91 Å². The molecule has 2 heterocycles. The predicted molar refractivity (Wildman–Crippen MR) is 59.4 cm³/mol. The van der Waals surface area contributed by atoms with E-state index in [-0.39, 0.29) is 11.4 Å². The fraction of sp³-hybridized carbons (Fsp3) is 0.909. The number of likely N-dealkylation sites (N-methyl/N-ethyl adjacent to an activating group) is 1. The summed E-state index contributed by atoms with van der Waals surface area (Å²) in [6.07, 6.45) is 4.02. The standard InChI is InChI=1S/C11H21N3O/c1-2-13-11(8-10(12)15)5-7-14-6-3-4-9(11)14/h9,13H,2-8H2,1H3,(H2,12,15). The number of carbonyl (C=O) groups excluding carboxylic acids is 1. The molecule has 0 bridgehead atoms. The molecule has 0 aliphatic carbocycles. The zero-order valence-electron chi connectivity index (χ0n) is 9.46. The van der Waals surface area contributed by atoms with Crippen molar-refractivity contribution in [3.63, 3.8) is 0 Å². The third kappa shape index (κ3) is 1.88. The second kappa shape index (κ2) is 4.10. The Balaban J connectivity index is 2.14. The number of nitrogens with two attached hydrogens (primary N) is 1. The molecule has 0 radical (unpaired) electrons. The summed E-state index contributed by atoms with van der Waals surface area (Å²) in [5.41, 5.74) is 5.34. The fourth-order valence-corrected chi connectivity index (χ4v) is 3.37. The van der Waals surface area contributed by atoms with Gasteiger partial charge >= 0.3 is 0 Å². The summed E-state index contributed by atoms with van der Waals surface area (Å²) in [6.45, 7) is 5.32. The van der Waals surface area contributed by atoms with E-state index in [1.165, 1.54) is 19.4 Å². The van der Waals surface area contributed by atoms with Crippen LogP contribution in [0.15, 0.2) is 0 Å². The van der Waals surface area contributed by atoms with Crippen molar-refractivity contribution in [3.05, 3.63) is 0 Å². The maximum absolute atomic E-state index is 11.2.